The summed E-state index contributed by atoms with van der Waals surface area (Å²) in [7, 11) is -4.08. The molecular formula is C17H14ClNO5S. The van der Waals surface area contributed by atoms with E-state index in [9.17, 15) is 13.2 Å². The van der Waals surface area contributed by atoms with Crippen molar-refractivity contribution in [2.75, 3.05) is 0 Å². The van der Waals surface area contributed by atoms with Crippen LogP contribution in [0.1, 0.15) is 25.3 Å². The Bertz CT molecular complexity index is 1090. The van der Waals surface area contributed by atoms with Crippen LogP contribution in [-0.4, -0.2) is 13.4 Å². The van der Waals surface area contributed by atoms with Crippen molar-refractivity contribution in [1.29, 1.82) is 0 Å². The number of nitrogens with zero attached hydrogens (tertiary/aromatic N) is 1. The number of aromatic nitrogens is 1. The van der Waals surface area contributed by atoms with Crippen LogP contribution in [0, 0.1) is 0 Å². The fourth-order valence-electron chi connectivity index (χ4n) is 2.38. The van der Waals surface area contributed by atoms with Crippen molar-refractivity contribution in [3.8, 4) is 5.75 Å². The highest BCUT2D eigenvalue weighted by Gasteiger charge is 2.18. The minimum Gasteiger partial charge on any atom is -0.423 e. The average molecular weight is 380 g/mol. The quantitative estimate of drug-likeness (QED) is 0.390. The zero-order valence-electron chi connectivity index (χ0n) is 13.4. The molecule has 0 atom stereocenters. The number of hydrogen-bond acceptors (Lipinski definition) is 6. The van der Waals surface area contributed by atoms with E-state index < -0.39 is 15.7 Å². The summed E-state index contributed by atoms with van der Waals surface area (Å²) in [5.41, 5.74) is 0.582. The summed E-state index contributed by atoms with van der Waals surface area (Å²) in [6, 6.07) is 8.63. The van der Waals surface area contributed by atoms with Crippen molar-refractivity contribution in [2.45, 2.75) is 24.7 Å². The Morgan fingerprint density at radius 3 is 2.56 bits per heavy atom. The van der Waals surface area contributed by atoms with Gasteiger partial charge in [0.05, 0.1) is 6.20 Å². The lowest BCUT2D eigenvalue weighted by molar-refractivity contribution is 0.484. The van der Waals surface area contributed by atoms with Crippen LogP contribution in [0.5, 0.6) is 5.75 Å². The van der Waals surface area contributed by atoms with Gasteiger partial charge < -0.3 is 8.60 Å². The molecule has 0 bridgehead atoms. The smallest absolute Gasteiger partial charge is 0.340 e. The normalized spacial score (nSPS) is 11.8. The highest BCUT2D eigenvalue weighted by molar-refractivity contribution is 7.87. The molecule has 0 unspecified atom stereocenters. The molecule has 2 aromatic heterocycles. The molecule has 0 fully saturated rings. The first-order chi connectivity index (χ1) is 11.8. The van der Waals surface area contributed by atoms with Crippen molar-refractivity contribution >= 4 is 32.7 Å². The first kappa shape index (κ1) is 17.4. The minimum atomic E-state index is -4.08. The van der Waals surface area contributed by atoms with Crippen LogP contribution < -0.4 is 9.81 Å². The average Bonchev–Trinajstić information content (AvgIpc) is 2.53. The fraction of sp³-hybridized carbons (Fsp3) is 0.176. The molecule has 1 aromatic carbocycles. The van der Waals surface area contributed by atoms with Gasteiger partial charge in [0.2, 0.25) is 0 Å². The fourth-order valence-corrected chi connectivity index (χ4v) is 3.36. The first-order valence-electron chi connectivity index (χ1n) is 7.40. The second kappa shape index (κ2) is 6.50. The van der Waals surface area contributed by atoms with Crippen molar-refractivity contribution in [2.24, 2.45) is 0 Å². The summed E-state index contributed by atoms with van der Waals surface area (Å²) in [6.07, 6.45) is 1.11. The van der Waals surface area contributed by atoms with E-state index in [4.69, 9.17) is 20.2 Å². The molecule has 3 rings (SSSR count). The lowest BCUT2D eigenvalue weighted by Gasteiger charge is -2.10. The van der Waals surface area contributed by atoms with E-state index >= 15 is 0 Å². The van der Waals surface area contributed by atoms with E-state index in [0.29, 0.717) is 0 Å². The number of pyridine rings is 1. The third-order valence-electron chi connectivity index (χ3n) is 3.56. The number of fused-ring (bicyclic) bond motifs is 1. The van der Waals surface area contributed by atoms with E-state index in [1.165, 1.54) is 30.3 Å². The Labute approximate surface area is 149 Å². The third-order valence-corrected chi connectivity index (χ3v) is 5.02. The molecule has 0 amide bonds. The van der Waals surface area contributed by atoms with Crippen molar-refractivity contribution < 1.29 is 17.0 Å². The van der Waals surface area contributed by atoms with Gasteiger partial charge in [0.15, 0.2) is 0 Å². The maximum Gasteiger partial charge on any atom is 0.340 e. The van der Waals surface area contributed by atoms with E-state index in [2.05, 4.69) is 4.98 Å². The summed E-state index contributed by atoms with van der Waals surface area (Å²) in [5, 5.41) is 0.903. The summed E-state index contributed by atoms with van der Waals surface area (Å²) in [5.74, 6) is 0.147. The van der Waals surface area contributed by atoms with Crippen LogP contribution in [0.25, 0.3) is 11.0 Å². The van der Waals surface area contributed by atoms with Crippen LogP contribution in [0.2, 0.25) is 5.15 Å². The van der Waals surface area contributed by atoms with Crippen LogP contribution in [0.3, 0.4) is 0 Å². The number of hydrogen-bond donors (Lipinski definition) is 0. The summed E-state index contributed by atoms with van der Waals surface area (Å²) < 4.78 is 34.9. The Morgan fingerprint density at radius 2 is 1.92 bits per heavy atom. The molecule has 25 heavy (non-hydrogen) atoms. The molecule has 0 N–H and O–H groups in total. The lowest BCUT2D eigenvalue weighted by Crippen LogP contribution is -2.10. The van der Waals surface area contributed by atoms with E-state index in [1.54, 1.807) is 6.07 Å². The van der Waals surface area contributed by atoms with E-state index in [0.717, 1.165) is 17.1 Å². The van der Waals surface area contributed by atoms with Gasteiger partial charge in [-0.2, -0.15) is 8.42 Å². The standard InChI is InChI=1S/C17H14ClNO5S/c1-10(2)14-8-17(20)23-15-7-11(3-5-13(14)15)24-25(21,22)12-4-6-16(18)19-9-12/h3-10H,1-2H3. The van der Waals surface area contributed by atoms with Gasteiger partial charge in [-0.3, -0.25) is 0 Å². The summed E-state index contributed by atoms with van der Waals surface area (Å²) in [6.45, 7) is 3.91. The van der Waals surface area contributed by atoms with Crippen LogP contribution in [0.4, 0.5) is 0 Å². The Balaban J connectivity index is 2.02. The predicted molar refractivity (Wildman–Crippen MR) is 93.6 cm³/mol. The highest BCUT2D eigenvalue weighted by atomic mass is 35.5. The van der Waals surface area contributed by atoms with E-state index in [1.807, 2.05) is 13.8 Å². The molecule has 0 aliphatic carbocycles. The molecule has 0 saturated heterocycles. The highest BCUT2D eigenvalue weighted by Crippen LogP contribution is 2.28. The maximum atomic E-state index is 12.3. The second-order valence-corrected chi connectivity index (χ2v) is 7.62. The van der Waals surface area contributed by atoms with Gasteiger partial charge in [0, 0.05) is 17.5 Å². The molecule has 0 spiro atoms. The predicted octanol–water partition coefficient (Wildman–Crippen LogP) is 3.73. The second-order valence-electron chi connectivity index (χ2n) is 5.69. The number of rotatable bonds is 4. The molecule has 0 saturated carbocycles. The topological polar surface area (TPSA) is 86.5 Å². The Kier molecular flexibility index (Phi) is 4.53. The SMILES string of the molecule is CC(C)c1cc(=O)oc2cc(OS(=O)(=O)c3ccc(Cl)nc3)ccc12. The van der Waals surface area contributed by atoms with Gasteiger partial charge in [-0.15, -0.1) is 0 Å². The maximum absolute atomic E-state index is 12.3. The molecule has 0 aliphatic heterocycles. The zero-order chi connectivity index (χ0) is 18.2. The van der Waals surface area contributed by atoms with Crippen LogP contribution in [-0.2, 0) is 10.1 Å². The van der Waals surface area contributed by atoms with Gasteiger partial charge in [0.1, 0.15) is 21.4 Å². The Hall–Kier alpha value is -2.38. The molecule has 130 valence electrons. The van der Waals surface area contributed by atoms with Gasteiger partial charge in [-0.25, -0.2) is 9.78 Å². The largest absolute Gasteiger partial charge is 0.423 e. The van der Waals surface area contributed by atoms with Crippen molar-refractivity contribution in [3.05, 3.63) is 63.7 Å². The monoisotopic (exact) mass is 379 g/mol. The van der Waals surface area contributed by atoms with Crippen molar-refractivity contribution in [3.63, 3.8) is 0 Å². The van der Waals surface area contributed by atoms with E-state index in [-0.39, 0.29) is 27.3 Å². The summed E-state index contributed by atoms with van der Waals surface area (Å²) >= 11 is 5.65. The number of benzene rings is 1. The lowest BCUT2D eigenvalue weighted by atomic mass is 10.00. The van der Waals surface area contributed by atoms with Gasteiger partial charge >= 0.3 is 15.7 Å². The first-order valence-corrected chi connectivity index (χ1v) is 9.19. The molecule has 3 aromatic rings. The molecule has 8 heteroatoms. The Morgan fingerprint density at radius 1 is 1.16 bits per heavy atom. The minimum absolute atomic E-state index is 0.0338. The molecule has 0 aliphatic rings. The third kappa shape index (κ3) is 3.67. The van der Waals surface area contributed by atoms with Gasteiger partial charge in [-0.05, 0) is 35.7 Å². The van der Waals surface area contributed by atoms with Gasteiger partial charge in [0.25, 0.3) is 0 Å². The number of halogens is 1. The van der Waals surface area contributed by atoms with Crippen LogP contribution >= 0.6 is 11.6 Å². The molecule has 2 heterocycles. The molecular weight excluding hydrogens is 366 g/mol. The molecule has 0 radical (unpaired) electrons. The van der Waals surface area contributed by atoms with Gasteiger partial charge in [-0.1, -0.05) is 25.4 Å². The zero-order valence-corrected chi connectivity index (χ0v) is 15.0. The van der Waals surface area contributed by atoms with Crippen molar-refractivity contribution in [1.82, 2.24) is 4.98 Å². The summed E-state index contributed by atoms with van der Waals surface area (Å²) in [4.78, 5) is 15.3. The van der Waals surface area contributed by atoms with Crippen LogP contribution in [0.15, 0.2) is 56.7 Å². The molecule has 6 nitrogen and oxygen atoms in total.